The Morgan fingerprint density at radius 2 is 1.67 bits per heavy atom. The second kappa shape index (κ2) is 7.94. The first-order valence-corrected chi connectivity index (χ1v) is 9.51. The van der Waals surface area contributed by atoms with Crippen LogP contribution in [0.15, 0.2) is 65.5 Å². The molecule has 0 aliphatic heterocycles. The number of aryl methyl sites for hydroxylation is 3. The minimum atomic E-state index is -0.318. The van der Waals surface area contributed by atoms with Gasteiger partial charge in [-0.2, -0.15) is 9.36 Å². The van der Waals surface area contributed by atoms with Crippen LogP contribution in [0, 0.1) is 19.7 Å². The number of benzene rings is 3. The second-order valence-corrected chi connectivity index (χ2v) is 7.15. The van der Waals surface area contributed by atoms with Crippen LogP contribution in [0.2, 0.25) is 0 Å². The molecule has 3 aromatic carbocycles. The highest BCUT2D eigenvalue weighted by Crippen LogP contribution is 2.28. The Morgan fingerprint density at radius 1 is 0.933 bits per heavy atom. The third-order valence-corrected chi connectivity index (χ3v) is 5.06. The Hall–Kier alpha value is -3.74. The smallest absolute Gasteiger partial charge is 0.368 e. The van der Waals surface area contributed by atoms with Crippen molar-refractivity contribution in [2.75, 3.05) is 0 Å². The van der Waals surface area contributed by atoms with Gasteiger partial charge in [0.25, 0.3) is 0 Å². The van der Waals surface area contributed by atoms with Crippen molar-refractivity contribution >= 4 is 0 Å². The summed E-state index contributed by atoms with van der Waals surface area (Å²) in [6, 6.07) is 17.9. The predicted octanol–water partition coefficient (Wildman–Crippen LogP) is 3.97. The molecule has 1 aromatic heterocycles. The molecule has 1 heterocycles. The van der Waals surface area contributed by atoms with Crippen LogP contribution in [-0.4, -0.2) is 19.8 Å². The maximum absolute atomic E-state index is 13.2. The predicted molar refractivity (Wildman–Crippen MR) is 112 cm³/mol. The average molecular weight is 404 g/mol. The van der Waals surface area contributed by atoms with Crippen molar-refractivity contribution < 1.29 is 9.13 Å². The number of aromatic nitrogens is 4. The lowest BCUT2D eigenvalue weighted by Gasteiger charge is -2.15. The average Bonchev–Trinajstić information content (AvgIpc) is 3.07. The van der Waals surface area contributed by atoms with Crippen LogP contribution in [-0.2, 0) is 13.7 Å². The van der Waals surface area contributed by atoms with Gasteiger partial charge in [0.1, 0.15) is 18.2 Å². The van der Waals surface area contributed by atoms with Gasteiger partial charge < -0.3 is 4.74 Å². The van der Waals surface area contributed by atoms with Gasteiger partial charge in [0.05, 0.1) is 5.69 Å². The zero-order valence-electron chi connectivity index (χ0n) is 17.0. The topological polar surface area (TPSA) is 61.9 Å². The van der Waals surface area contributed by atoms with Crippen LogP contribution < -0.4 is 10.4 Å². The number of hydrogen-bond acceptors (Lipinski definition) is 4. The molecule has 6 nitrogen and oxygen atoms in total. The molecule has 0 aliphatic carbocycles. The fourth-order valence-corrected chi connectivity index (χ4v) is 3.32. The molecule has 7 heteroatoms. The van der Waals surface area contributed by atoms with Gasteiger partial charge in [0, 0.05) is 12.6 Å². The van der Waals surface area contributed by atoms with Gasteiger partial charge in [-0.3, -0.25) is 0 Å². The fraction of sp³-hybridized carbons (Fsp3) is 0.174. The summed E-state index contributed by atoms with van der Waals surface area (Å²) in [6.07, 6.45) is 0. The largest absolute Gasteiger partial charge is 0.489 e. The van der Waals surface area contributed by atoms with E-state index >= 15 is 0 Å². The van der Waals surface area contributed by atoms with E-state index in [1.165, 1.54) is 21.5 Å². The molecule has 0 spiro atoms. The molecule has 0 unspecified atom stereocenters. The van der Waals surface area contributed by atoms with Crippen molar-refractivity contribution in [3.05, 3.63) is 93.7 Å². The molecule has 0 radical (unpaired) electrons. The standard InChI is InChI=1S/C23H21FN4O2/c1-15-5-4-6-21(28-23(29)27(3)25-26-28)20(15)14-30-22-12-9-18(13-16(22)2)17-7-10-19(24)11-8-17/h4-13H,14H2,1-3H3. The maximum Gasteiger partial charge on any atom is 0.368 e. The first-order chi connectivity index (χ1) is 14.4. The molecule has 0 N–H and O–H groups in total. The molecule has 0 saturated carbocycles. The molecule has 4 rings (SSSR count). The zero-order chi connectivity index (χ0) is 21.3. The van der Waals surface area contributed by atoms with Gasteiger partial charge in [-0.05, 0) is 76.9 Å². The minimum absolute atomic E-state index is 0.258. The molecule has 0 atom stereocenters. The summed E-state index contributed by atoms with van der Waals surface area (Å²) in [6.45, 7) is 4.21. The van der Waals surface area contributed by atoms with Crippen LogP contribution in [0.25, 0.3) is 16.8 Å². The maximum atomic E-state index is 13.2. The van der Waals surface area contributed by atoms with Gasteiger partial charge >= 0.3 is 5.69 Å². The van der Waals surface area contributed by atoms with E-state index < -0.39 is 0 Å². The van der Waals surface area contributed by atoms with Crippen LogP contribution in [0.1, 0.15) is 16.7 Å². The molecule has 0 fully saturated rings. The first-order valence-electron chi connectivity index (χ1n) is 9.51. The monoisotopic (exact) mass is 404 g/mol. The highest BCUT2D eigenvalue weighted by molar-refractivity contribution is 5.65. The Labute approximate surface area is 173 Å². The van der Waals surface area contributed by atoms with Crippen molar-refractivity contribution in [1.82, 2.24) is 19.8 Å². The summed E-state index contributed by atoms with van der Waals surface area (Å²) >= 11 is 0. The van der Waals surface area contributed by atoms with E-state index in [0.717, 1.165) is 33.6 Å². The molecular formula is C23H21FN4O2. The molecule has 4 aromatic rings. The third-order valence-electron chi connectivity index (χ3n) is 5.06. The van der Waals surface area contributed by atoms with E-state index in [4.69, 9.17) is 4.74 Å². The first kappa shape index (κ1) is 19.6. The molecule has 0 bridgehead atoms. The summed E-state index contributed by atoms with van der Waals surface area (Å²) in [7, 11) is 1.56. The molecule has 0 aliphatic rings. The van der Waals surface area contributed by atoms with Gasteiger partial charge in [0.2, 0.25) is 0 Å². The summed E-state index contributed by atoms with van der Waals surface area (Å²) < 4.78 is 21.7. The Morgan fingerprint density at radius 3 is 2.33 bits per heavy atom. The number of tetrazole rings is 1. The lowest BCUT2D eigenvalue weighted by molar-refractivity contribution is 0.302. The fourth-order valence-electron chi connectivity index (χ4n) is 3.32. The molecule has 30 heavy (non-hydrogen) atoms. The third kappa shape index (κ3) is 3.74. The zero-order valence-corrected chi connectivity index (χ0v) is 17.0. The van der Waals surface area contributed by atoms with Crippen molar-refractivity contribution in [1.29, 1.82) is 0 Å². The van der Waals surface area contributed by atoms with Gasteiger partial charge in [-0.1, -0.05) is 30.3 Å². The van der Waals surface area contributed by atoms with E-state index in [2.05, 4.69) is 10.4 Å². The van der Waals surface area contributed by atoms with E-state index in [0.29, 0.717) is 5.69 Å². The highest BCUT2D eigenvalue weighted by atomic mass is 19.1. The lowest BCUT2D eigenvalue weighted by atomic mass is 10.0. The summed E-state index contributed by atoms with van der Waals surface area (Å²) in [5.41, 5.74) is 5.07. The highest BCUT2D eigenvalue weighted by Gasteiger charge is 2.14. The number of hydrogen-bond donors (Lipinski definition) is 0. The van der Waals surface area contributed by atoms with Gasteiger partial charge in [-0.15, -0.1) is 0 Å². The van der Waals surface area contributed by atoms with Crippen molar-refractivity contribution in [2.45, 2.75) is 20.5 Å². The van der Waals surface area contributed by atoms with Gasteiger partial charge in [0.15, 0.2) is 0 Å². The number of halogens is 1. The Kier molecular flexibility index (Phi) is 5.18. The quantitative estimate of drug-likeness (QED) is 0.505. The van der Waals surface area contributed by atoms with Crippen molar-refractivity contribution in [3.63, 3.8) is 0 Å². The SMILES string of the molecule is Cc1cc(-c2ccc(F)cc2)ccc1OCc1c(C)cccc1-n1nnn(C)c1=O. The number of nitrogens with zero attached hydrogens (tertiary/aromatic N) is 4. The van der Waals surface area contributed by atoms with Crippen LogP contribution >= 0.6 is 0 Å². The number of rotatable bonds is 5. The van der Waals surface area contributed by atoms with E-state index in [1.54, 1.807) is 19.2 Å². The normalized spacial score (nSPS) is 10.9. The lowest BCUT2D eigenvalue weighted by Crippen LogP contribution is -2.23. The number of ether oxygens (including phenoxy) is 1. The summed E-state index contributed by atoms with van der Waals surface area (Å²) in [5, 5.41) is 7.74. The Bertz CT molecular complexity index is 1260. The molecular weight excluding hydrogens is 383 g/mol. The van der Waals surface area contributed by atoms with E-state index in [9.17, 15) is 9.18 Å². The van der Waals surface area contributed by atoms with Crippen molar-refractivity contribution in [3.8, 4) is 22.6 Å². The molecule has 0 saturated heterocycles. The minimum Gasteiger partial charge on any atom is -0.489 e. The second-order valence-electron chi connectivity index (χ2n) is 7.15. The summed E-state index contributed by atoms with van der Waals surface area (Å²) in [4.78, 5) is 12.3. The van der Waals surface area contributed by atoms with Crippen LogP contribution in [0.4, 0.5) is 4.39 Å². The van der Waals surface area contributed by atoms with Crippen molar-refractivity contribution in [2.24, 2.45) is 7.05 Å². The van der Waals surface area contributed by atoms with E-state index in [1.807, 2.05) is 50.2 Å². The molecule has 152 valence electrons. The van der Waals surface area contributed by atoms with Gasteiger partial charge in [-0.25, -0.2) is 9.18 Å². The Balaban J connectivity index is 1.60. The molecule has 0 amide bonds. The van der Waals surface area contributed by atoms with Crippen LogP contribution in [0.5, 0.6) is 5.75 Å². The van der Waals surface area contributed by atoms with Crippen LogP contribution in [0.3, 0.4) is 0 Å². The summed E-state index contributed by atoms with van der Waals surface area (Å²) in [5.74, 6) is 0.480. The van der Waals surface area contributed by atoms with E-state index in [-0.39, 0.29) is 18.1 Å².